The van der Waals surface area contributed by atoms with Gasteiger partial charge in [0.2, 0.25) is 5.91 Å². The fraction of sp³-hybridized carbons (Fsp3) is 0.240. The van der Waals surface area contributed by atoms with Gasteiger partial charge in [-0.05, 0) is 53.4 Å². The van der Waals surface area contributed by atoms with Gasteiger partial charge in [-0.25, -0.2) is 4.79 Å². The van der Waals surface area contributed by atoms with Crippen LogP contribution in [0.15, 0.2) is 60.7 Å². The van der Waals surface area contributed by atoms with Crippen molar-refractivity contribution in [3.8, 4) is 0 Å². The largest absolute Gasteiger partial charge is 0.457 e. The van der Waals surface area contributed by atoms with E-state index >= 15 is 0 Å². The summed E-state index contributed by atoms with van der Waals surface area (Å²) in [5.41, 5.74) is 2.14. The highest BCUT2D eigenvalue weighted by Crippen LogP contribution is 2.25. The predicted octanol–water partition coefficient (Wildman–Crippen LogP) is 4.39. The molecule has 0 spiro atoms. The summed E-state index contributed by atoms with van der Waals surface area (Å²) in [6.45, 7) is 3.08. The number of ether oxygens (including phenoxy) is 1. The minimum Gasteiger partial charge on any atom is -0.457 e. The Kier molecular flexibility index (Phi) is 5.98. The first-order chi connectivity index (χ1) is 15.0. The summed E-state index contributed by atoms with van der Waals surface area (Å²) in [6, 6.07) is 18.2. The topological polar surface area (TPSA) is 75.7 Å². The summed E-state index contributed by atoms with van der Waals surface area (Å²) < 4.78 is 5.50. The van der Waals surface area contributed by atoms with Crippen molar-refractivity contribution in [2.75, 3.05) is 18.4 Å². The van der Waals surface area contributed by atoms with Gasteiger partial charge in [0.1, 0.15) is 6.61 Å². The lowest BCUT2D eigenvalue weighted by atomic mass is 10.0. The van der Waals surface area contributed by atoms with Crippen molar-refractivity contribution in [2.24, 2.45) is 0 Å². The minimum atomic E-state index is -0.522. The lowest BCUT2D eigenvalue weighted by Crippen LogP contribution is -2.27. The number of hydrogen-bond donors (Lipinski definition) is 1. The van der Waals surface area contributed by atoms with E-state index in [1.807, 2.05) is 29.2 Å². The van der Waals surface area contributed by atoms with Gasteiger partial charge in [-0.3, -0.25) is 9.59 Å². The molecule has 0 radical (unpaired) electrons. The third kappa shape index (κ3) is 4.74. The molecule has 4 rings (SSSR count). The van der Waals surface area contributed by atoms with E-state index in [0.717, 1.165) is 42.3 Å². The summed E-state index contributed by atoms with van der Waals surface area (Å²) in [5, 5.41) is 4.51. The van der Waals surface area contributed by atoms with Gasteiger partial charge >= 0.3 is 5.97 Å². The van der Waals surface area contributed by atoms with Gasteiger partial charge in [0, 0.05) is 25.6 Å². The summed E-state index contributed by atoms with van der Waals surface area (Å²) >= 11 is 0. The summed E-state index contributed by atoms with van der Waals surface area (Å²) in [4.78, 5) is 38.7. The fourth-order valence-electron chi connectivity index (χ4n) is 3.78. The van der Waals surface area contributed by atoms with Gasteiger partial charge in [0.15, 0.2) is 0 Å². The third-order valence-corrected chi connectivity index (χ3v) is 5.38. The van der Waals surface area contributed by atoms with Gasteiger partial charge in [0.05, 0.1) is 11.3 Å². The Hall–Kier alpha value is -3.67. The number of hydrogen-bond acceptors (Lipinski definition) is 4. The van der Waals surface area contributed by atoms with Gasteiger partial charge in [-0.15, -0.1) is 0 Å². The van der Waals surface area contributed by atoms with Crippen molar-refractivity contribution in [2.45, 2.75) is 26.4 Å². The Morgan fingerprint density at radius 3 is 2.23 bits per heavy atom. The normalized spacial score (nSPS) is 13.3. The smallest absolute Gasteiger partial charge is 0.340 e. The maximum atomic E-state index is 12.8. The number of nitrogens with zero attached hydrogens (tertiary/aromatic N) is 1. The van der Waals surface area contributed by atoms with Crippen LogP contribution in [0, 0.1) is 0 Å². The zero-order valence-electron chi connectivity index (χ0n) is 17.4. The maximum Gasteiger partial charge on any atom is 0.340 e. The van der Waals surface area contributed by atoms with E-state index in [4.69, 9.17) is 4.74 Å². The maximum absolute atomic E-state index is 12.8. The van der Waals surface area contributed by atoms with Crippen molar-refractivity contribution >= 4 is 34.2 Å². The van der Waals surface area contributed by atoms with Crippen LogP contribution in [-0.4, -0.2) is 35.8 Å². The number of anilines is 1. The molecule has 1 fully saturated rings. The lowest BCUT2D eigenvalue weighted by Gasteiger charge is -2.15. The Balaban J connectivity index is 1.47. The molecule has 0 atom stereocenters. The first-order valence-electron chi connectivity index (χ1n) is 10.4. The molecule has 3 aromatic carbocycles. The van der Waals surface area contributed by atoms with Crippen LogP contribution in [0.2, 0.25) is 0 Å². The van der Waals surface area contributed by atoms with Crippen LogP contribution in [-0.2, 0) is 16.1 Å². The van der Waals surface area contributed by atoms with Gasteiger partial charge < -0.3 is 15.0 Å². The van der Waals surface area contributed by atoms with Crippen LogP contribution >= 0.6 is 0 Å². The molecule has 1 heterocycles. The minimum absolute atomic E-state index is 0.0390. The molecule has 0 unspecified atom stereocenters. The number of carbonyl (C=O) groups excluding carboxylic acids is 3. The van der Waals surface area contributed by atoms with Crippen molar-refractivity contribution in [3.63, 3.8) is 0 Å². The molecule has 1 aliphatic heterocycles. The molecule has 2 amide bonds. The number of rotatable bonds is 5. The van der Waals surface area contributed by atoms with E-state index in [1.54, 1.807) is 36.4 Å². The van der Waals surface area contributed by atoms with Crippen LogP contribution in [0.1, 0.15) is 46.0 Å². The number of benzene rings is 3. The number of fused-ring (bicyclic) bond motifs is 1. The SMILES string of the molecule is CC(=O)Nc1cc2ccccc2cc1C(=O)OCc1ccc(C(=O)N2CCCC2)cc1. The van der Waals surface area contributed by atoms with Crippen molar-refractivity contribution in [3.05, 3.63) is 77.4 Å². The Morgan fingerprint density at radius 1 is 0.935 bits per heavy atom. The summed E-state index contributed by atoms with van der Waals surface area (Å²) in [5.74, 6) is -0.744. The molecule has 1 saturated heterocycles. The van der Waals surface area contributed by atoms with Gasteiger partial charge in [0.25, 0.3) is 5.91 Å². The second-order valence-corrected chi connectivity index (χ2v) is 7.70. The molecule has 0 saturated carbocycles. The quantitative estimate of drug-likeness (QED) is 0.626. The predicted molar refractivity (Wildman–Crippen MR) is 119 cm³/mol. The first-order valence-corrected chi connectivity index (χ1v) is 10.4. The van der Waals surface area contributed by atoms with Gasteiger partial charge in [-0.1, -0.05) is 36.4 Å². The molecule has 31 heavy (non-hydrogen) atoms. The Bertz CT molecular complexity index is 1130. The molecule has 0 bridgehead atoms. The van der Waals surface area contributed by atoms with Crippen LogP contribution in [0.25, 0.3) is 10.8 Å². The number of carbonyl (C=O) groups is 3. The average Bonchev–Trinajstić information content (AvgIpc) is 3.31. The summed E-state index contributed by atoms with van der Waals surface area (Å²) in [6.07, 6.45) is 2.10. The standard InChI is InChI=1S/C25H24N2O4/c1-17(28)26-23-15-21-7-3-2-6-20(21)14-22(23)25(30)31-16-18-8-10-19(11-9-18)24(29)27-12-4-5-13-27/h2-3,6-11,14-15H,4-5,12-13,16H2,1H3,(H,26,28). The highest BCUT2D eigenvalue weighted by molar-refractivity contribution is 6.05. The van der Waals surface area contributed by atoms with Crippen LogP contribution < -0.4 is 5.32 Å². The highest BCUT2D eigenvalue weighted by Gasteiger charge is 2.19. The molecule has 158 valence electrons. The molecule has 6 nitrogen and oxygen atoms in total. The van der Waals surface area contributed by atoms with Crippen LogP contribution in [0.4, 0.5) is 5.69 Å². The number of esters is 1. The highest BCUT2D eigenvalue weighted by atomic mass is 16.5. The second kappa shape index (κ2) is 9.00. The van der Waals surface area contributed by atoms with Gasteiger partial charge in [-0.2, -0.15) is 0 Å². The molecule has 0 aromatic heterocycles. The van der Waals surface area contributed by atoms with Crippen LogP contribution in [0.5, 0.6) is 0 Å². The number of likely N-dealkylation sites (tertiary alicyclic amines) is 1. The zero-order valence-corrected chi connectivity index (χ0v) is 17.4. The molecule has 6 heteroatoms. The molecule has 3 aromatic rings. The van der Waals surface area contributed by atoms with E-state index in [-0.39, 0.29) is 18.4 Å². The van der Waals surface area contributed by atoms with E-state index in [1.165, 1.54) is 6.92 Å². The average molecular weight is 416 g/mol. The zero-order chi connectivity index (χ0) is 21.8. The first kappa shape index (κ1) is 20.6. The molecule has 1 aliphatic rings. The van der Waals surface area contributed by atoms with E-state index in [9.17, 15) is 14.4 Å². The molecule has 0 aliphatic carbocycles. The van der Waals surface area contributed by atoms with E-state index in [0.29, 0.717) is 16.8 Å². The number of amides is 2. The Morgan fingerprint density at radius 2 is 1.58 bits per heavy atom. The van der Waals surface area contributed by atoms with E-state index in [2.05, 4.69) is 5.32 Å². The van der Waals surface area contributed by atoms with Crippen molar-refractivity contribution < 1.29 is 19.1 Å². The molecular formula is C25H24N2O4. The monoisotopic (exact) mass is 416 g/mol. The van der Waals surface area contributed by atoms with Crippen molar-refractivity contribution in [1.29, 1.82) is 0 Å². The summed E-state index contributed by atoms with van der Waals surface area (Å²) in [7, 11) is 0. The van der Waals surface area contributed by atoms with Crippen LogP contribution in [0.3, 0.4) is 0 Å². The molecular weight excluding hydrogens is 392 g/mol. The number of nitrogens with one attached hydrogen (secondary N) is 1. The van der Waals surface area contributed by atoms with E-state index < -0.39 is 5.97 Å². The Labute approximate surface area is 180 Å². The second-order valence-electron chi connectivity index (χ2n) is 7.70. The van der Waals surface area contributed by atoms with Crippen molar-refractivity contribution in [1.82, 2.24) is 4.90 Å². The molecule has 1 N–H and O–H groups in total. The third-order valence-electron chi connectivity index (χ3n) is 5.38. The lowest BCUT2D eigenvalue weighted by molar-refractivity contribution is -0.114. The fourth-order valence-corrected chi connectivity index (χ4v) is 3.78.